The van der Waals surface area contributed by atoms with Crippen LogP contribution in [0.2, 0.25) is 5.02 Å². The Labute approximate surface area is 186 Å². The molecule has 1 saturated heterocycles. The first-order valence-corrected chi connectivity index (χ1v) is 11.3. The van der Waals surface area contributed by atoms with E-state index in [0.717, 1.165) is 58.8 Å². The molecule has 2 heterocycles. The Morgan fingerprint density at radius 2 is 1.83 bits per heavy atom. The van der Waals surface area contributed by atoms with Crippen molar-refractivity contribution < 1.29 is 4.79 Å². The second-order valence-electron chi connectivity index (χ2n) is 7.65. The van der Waals surface area contributed by atoms with E-state index in [1.165, 1.54) is 5.56 Å². The van der Waals surface area contributed by atoms with Crippen molar-refractivity contribution in [3.8, 4) is 11.3 Å². The quantitative estimate of drug-likeness (QED) is 0.616. The number of carbonyl (C=O) groups excluding carboxylic acids is 1. The van der Waals surface area contributed by atoms with Crippen LogP contribution in [0.3, 0.4) is 0 Å². The van der Waals surface area contributed by atoms with E-state index < -0.39 is 0 Å². The number of benzene rings is 2. The second kappa shape index (κ2) is 9.16. The van der Waals surface area contributed by atoms with Crippen molar-refractivity contribution in [3.63, 3.8) is 0 Å². The number of aryl methyl sites for hydroxylation is 2. The third-order valence-corrected chi connectivity index (χ3v) is 6.45. The number of thiazole rings is 1. The number of hydrogen-bond donors (Lipinski definition) is 1. The van der Waals surface area contributed by atoms with Gasteiger partial charge in [0, 0.05) is 47.8 Å². The summed E-state index contributed by atoms with van der Waals surface area (Å²) >= 11 is 7.63. The molecule has 3 aromatic rings. The van der Waals surface area contributed by atoms with E-state index in [1.54, 1.807) is 11.3 Å². The predicted molar refractivity (Wildman–Crippen MR) is 126 cm³/mol. The Kier molecular flexibility index (Phi) is 6.37. The fraction of sp³-hybridized carbons (Fsp3) is 0.304. The summed E-state index contributed by atoms with van der Waals surface area (Å²) < 4.78 is 0. The molecule has 2 aromatic carbocycles. The van der Waals surface area contributed by atoms with Gasteiger partial charge in [-0.1, -0.05) is 41.4 Å². The number of nitrogens with one attached hydrogen (secondary N) is 1. The third-order valence-electron chi connectivity index (χ3n) is 5.30. The number of amides is 1. The smallest absolute Gasteiger partial charge is 0.238 e. The molecule has 30 heavy (non-hydrogen) atoms. The third kappa shape index (κ3) is 5.01. The average molecular weight is 441 g/mol. The van der Waals surface area contributed by atoms with Crippen LogP contribution in [0.4, 0.5) is 10.8 Å². The maximum absolute atomic E-state index is 12.5. The maximum Gasteiger partial charge on any atom is 0.238 e. The SMILES string of the molecule is Cc1ccc(NC(=O)CN2CCN(c3nc(-c4ccc(Cl)cc4)cs3)CC2)c(C)c1. The normalized spacial score (nSPS) is 14.7. The van der Waals surface area contributed by atoms with Crippen LogP contribution in [0.1, 0.15) is 11.1 Å². The van der Waals surface area contributed by atoms with Crippen LogP contribution in [0.25, 0.3) is 11.3 Å². The van der Waals surface area contributed by atoms with Crippen LogP contribution in [0, 0.1) is 13.8 Å². The summed E-state index contributed by atoms with van der Waals surface area (Å²) in [7, 11) is 0. The molecule has 1 aliphatic rings. The summed E-state index contributed by atoms with van der Waals surface area (Å²) in [6.07, 6.45) is 0. The topological polar surface area (TPSA) is 48.5 Å². The molecule has 5 nitrogen and oxygen atoms in total. The predicted octanol–water partition coefficient (Wildman–Crippen LogP) is 4.84. The fourth-order valence-corrected chi connectivity index (χ4v) is 4.62. The van der Waals surface area contributed by atoms with E-state index in [2.05, 4.69) is 33.5 Å². The summed E-state index contributed by atoms with van der Waals surface area (Å²) in [5.74, 6) is 0.0367. The zero-order valence-electron chi connectivity index (χ0n) is 17.2. The van der Waals surface area contributed by atoms with Crippen molar-refractivity contribution in [3.05, 3.63) is 64.0 Å². The number of nitrogens with zero attached hydrogens (tertiary/aromatic N) is 3. The van der Waals surface area contributed by atoms with E-state index in [-0.39, 0.29) is 5.91 Å². The van der Waals surface area contributed by atoms with E-state index in [1.807, 2.05) is 43.3 Å². The molecule has 1 fully saturated rings. The molecule has 156 valence electrons. The molecule has 0 atom stereocenters. The maximum atomic E-state index is 12.5. The number of rotatable bonds is 5. The van der Waals surface area contributed by atoms with Gasteiger partial charge in [-0.05, 0) is 37.6 Å². The molecule has 0 saturated carbocycles. The Morgan fingerprint density at radius 3 is 2.53 bits per heavy atom. The lowest BCUT2D eigenvalue weighted by Gasteiger charge is -2.34. The molecule has 7 heteroatoms. The Bertz CT molecular complexity index is 1030. The number of anilines is 2. The minimum absolute atomic E-state index is 0.0367. The molecule has 0 bridgehead atoms. The molecule has 0 unspecified atom stereocenters. The molecule has 1 aliphatic heterocycles. The van der Waals surface area contributed by atoms with E-state index in [9.17, 15) is 4.79 Å². The van der Waals surface area contributed by atoms with Gasteiger partial charge >= 0.3 is 0 Å². The van der Waals surface area contributed by atoms with Gasteiger partial charge in [-0.25, -0.2) is 4.98 Å². The molecule has 0 radical (unpaired) electrons. The molecule has 0 spiro atoms. The lowest BCUT2D eigenvalue weighted by Crippen LogP contribution is -2.48. The van der Waals surface area contributed by atoms with Crippen molar-refractivity contribution in [1.82, 2.24) is 9.88 Å². The van der Waals surface area contributed by atoms with Crippen LogP contribution in [-0.2, 0) is 4.79 Å². The lowest BCUT2D eigenvalue weighted by atomic mass is 10.1. The van der Waals surface area contributed by atoms with Gasteiger partial charge in [0.2, 0.25) is 5.91 Å². The Hall–Kier alpha value is -2.41. The highest BCUT2D eigenvalue weighted by molar-refractivity contribution is 7.14. The molecular formula is C23H25ClN4OS. The van der Waals surface area contributed by atoms with Crippen LogP contribution < -0.4 is 10.2 Å². The summed E-state index contributed by atoms with van der Waals surface area (Å²) in [5, 5.41) is 6.88. The first-order valence-electron chi connectivity index (χ1n) is 10.0. The monoisotopic (exact) mass is 440 g/mol. The van der Waals surface area contributed by atoms with Crippen molar-refractivity contribution in [1.29, 1.82) is 0 Å². The van der Waals surface area contributed by atoms with Gasteiger partial charge in [-0.3, -0.25) is 9.69 Å². The first-order chi connectivity index (χ1) is 14.5. The van der Waals surface area contributed by atoms with Gasteiger partial charge < -0.3 is 10.2 Å². The van der Waals surface area contributed by atoms with Gasteiger partial charge in [-0.2, -0.15) is 0 Å². The van der Waals surface area contributed by atoms with Crippen LogP contribution in [0.15, 0.2) is 47.8 Å². The van der Waals surface area contributed by atoms with E-state index >= 15 is 0 Å². The number of carbonyl (C=O) groups is 1. The first kappa shape index (κ1) is 20.8. The zero-order valence-corrected chi connectivity index (χ0v) is 18.8. The average Bonchev–Trinajstić information content (AvgIpc) is 3.21. The molecule has 4 rings (SSSR count). The largest absolute Gasteiger partial charge is 0.346 e. The highest BCUT2D eigenvalue weighted by atomic mass is 35.5. The van der Waals surface area contributed by atoms with Crippen molar-refractivity contribution in [2.45, 2.75) is 13.8 Å². The van der Waals surface area contributed by atoms with Crippen LogP contribution in [0.5, 0.6) is 0 Å². The number of piperazine rings is 1. The van der Waals surface area contributed by atoms with E-state index in [0.29, 0.717) is 6.54 Å². The van der Waals surface area contributed by atoms with Gasteiger partial charge in [0.1, 0.15) is 0 Å². The molecule has 1 amide bonds. The minimum atomic E-state index is 0.0367. The van der Waals surface area contributed by atoms with Gasteiger partial charge in [0.25, 0.3) is 0 Å². The highest BCUT2D eigenvalue weighted by Crippen LogP contribution is 2.28. The zero-order chi connectivity index (χ0) is 21.1. The van der Waals surface area contributed by atoms with Gasteiger partial charge in [-0.15, -0.1) is 11.3 Å². The van der Waals surface area contributed by atoms with Gasteiger partial charge in [0.05, 0.1) is 12.2 Å². The summed E-state index contributed by atoms with van der Waals surface area (Å²) in [4.78, 5) is 21.8. The van der Waals surface area contributed by atoms with Crippen LogP contribution >= 0.6 is 22.9 Å². The minimum Gasteiger partial charge on any atom is -0.346 e. The van der Waals surface area contributed by atoms with Crippen molar-refractivity contribution >= 4 is 39.7 Å². The Morgan fingerprint density at radius 1 is 1.10 bits per heavy atom. The molecule has 0 aliphatic carbocycles. The number of hydrogen-bond acceptors (Lipinski definition) is 5. The van der Waals surface area contributed by atoms with Crippen molar-refractivity contribution in [2.24, 2.45) is 0 Å². The lowest BCUT2D eigenvalue weighted by molar-refractivity contribution is -0.117. The van der Waals surface area contributed by atoms with Crippen molar-refractivity contribution in [2.75, 3.05) is 42.9 Å². The number of halogens is 1. The summed E-state index contributed by atoms with van der Waals surface area (Å²) in [6.45, 7) is 7.91. The number of aromatic nitrogens is 1. The van der Waals surface area contributed by atoms with Crippen LogP contribution in [-0.4, -0.2) is 48.5 Å². The standard InChI is InChI=1S/C23H25ClN4OS/c1-16-3-8-20(17(2)13-16)25-22(29)14-27-9-11-28(12-10-27)23-26-21(15-30-23)18-4-6-19(24)7-5-18/h3-8,13,15H,9-12,14H2,1-2H3,(H,25,29). The summed E-state index contributed by atoms with van der Waals surface area (Å²) in [6, 6.07) is 13.8. The molecule has 1 N–H and O–H groups in total. The highest BCUT2D eigenvalue weighted by Gasteiger charge is 2.21. The summed E-state index contributed by atoms with van der Waals surface area (Å²) in [5.41, 5.74) is 5.23. The van der Waals surface area contributed by atoms with Gasteiger partial charge in [0.15, 0.2) is 5.13 Å². The molecule has 1 aromatic heterocycles. The second-order valence-corrected chi connectivity index (χ2v) is 8.92. The Balaban J connectivity index is 1.30. The fourth-order valence-electron chi connectivity index (χ4n) is 3.61. The van der Waals surface area contributed by atoms with E-state index in [4.69, 9.17) is 16.6 Å². The molecular weight excluding hydrogens is 416 g/mol.